The van der Waals surface area contributed by atoms with E-state index < -0.39 is 0 Å². The topological polar surface area (TPSA) is 78.1 Å². The maximum Gasteiger partial charge on any atom is 0.274 e. The number of likely N-dealkylation sites (N-methyl/N-ethyl adjacent to an activating group) is 1. The molecular weight excluding hydrogens is 210 g/mol. The van der Waals surface area contributed by atoms with Crippen LogP contribution in [0.2, 0.25) is 0 Å². The third kappa shape index (κ3) is 1.65. The highest BCUT2D eigenvalue weighted by Crippen LogP contribution is 2.16. The molecule has 0 atom stereocenters. The van der Waals surface area contributed by atoms with Crippen LogP contribution in [-0.2, 0) is 4.79 Å². The van der Waals surface area contributed by atoms with Gasteiger partial charge in [-0.15, -0.1) is 0 Å². The minimum Gasteiger partial charge on any atom is -0.462 e. The number of nitrogens with zero attached hydrogens (tertiary/aromatic N) is 2. The van der Waals surface area contributed by atoms with Gasteiger partial charge in [0, 0.05) is 13.1 Å². The zero-order valence-corrected chi connectivity index (χ0v) is 8.89. The summed E-state index contributed by atoms with van der Waals surface area (Å²) >= 11 is 0. The van der Waals surface area contributed by atoms with Crippen molar-refractivity contribution in [2.45, 2.75) is 6.92 Å². The Morgan fingerprint density at radius 2 is 2.31 bits per heavy atom. The fourth-order valence-corrected chi connectivity index (χ4v) is 1.44. The smallest absolute Gasteiger partial charge is 0.274 e. The molecular formula is C10H11N3O3. The lowest BCUT2D eigenvalue weighted by Gasteiger charge is -2.08. The number of oxime groups is 1. The average molecular weight is 221 g/mol. The molecule has 0 aliphatic carbocycles. The van der Waals surface area contributed by atoms with Crippen LogP contribution in [0.1, 0.15) is 11.5 Å². The zero-order chi connectivity index (χ0) is 11.7. The van der Waals surface area contributed by atoms with Crippen molar-refractivity contribution in [3.05, 3.63) is 29.4 Å². The number of nitrogens with one attached hydrogen (secondary N) is 1. The van der Waals surface area contributed by atoms with Crippen LogP contribution >= 0.6 is 0 Å². The summed E-state index contributed by atoms with van der Waals surface area (Å²) in [5, 5.41) is 14.0. The highest BCUT2D eigenvalue weighted by atomic mass is 16.4. The Balaban J connectivity index is 2.34. The number of furan rings is 1. The Hall–Kier alpha value is -2.24. The number of hydrogen-bond acceptors (Lipinski definition) is 4. The van der Waals surface area contributed by atoms with E-state index in [2.05, 4.69) is 10.5 Å². The Bertz CT molecular complexity index is 487. The Morgan fingerprint density at radius 3 is 2.81 bits per heavy atom. The average Bonchev–Trinajstić information content (AvgIpc) is 2.77. The summed E-state index contributed by atoms with van der Waals surface area (Å²) in [5.74, 6) is 1.11. The van der Waals surface area contributed by atoms with Gasteiger partial charge in [-0.25, -0.2) is 0 Å². The van der Waals surface area contributed by atoms with Gasteiger partial charge >= 0.3 is 0 Å². The maximum atomic E-state index is 11.5. The monoisotopic (exact) mass is 221 g/mol. The first kappa shape index (κ1) is 10.3. The molecule has 1 aromatic heterocycles. The van der Waals surface area contributed by atoms with Crippen molar-refractivity contribution in [2.24, 2.45) is 5.16 Å². The second kappa shape index (κ2) is 3.73. The molecule has 0 unspecified atom stereocenters. The summed E-state index contributed by atoms with van der Waals surface area (Å²) in [6, 6.07) is 3.57. The number of aryl methyl sites for hydroxylation is 1. The molecule has 1 amide bonds. The molecule has 0 radical (unpaired) electrons. The number of carbonyl (C=O) groups is 1. The van der Waals surface area contributed by atoms with E-state index in [9.17, 15) is 4.79 Å². The largest absolute Gasteiger partial charge is 0.462 e. The summed E-state index contributed by atoms with van der Waals surface area (Å²) in [6.45, 7) is 1.82. The minimum atomic E-state index is -0.329. The third-order valence-electron chi connectivity index (χ3n) is 2.27. The summed E-state index contributed by atoms with van der Waals surface area (Å²) in [5.41, 5.74) is 0.363. The second-order valence-corrected chi connectivity index (χ2v) is 3.41. The fourth-order valence-electron chi connectivity index (χ4n) is 1.44. The molecule has 2 N–H and O–H groups in total. The zero-order valence-electron chi connectivity index (χ0n) is 8.89. The molecule has 2 heterocycles. The van der Waals surface area contributed by atoms with Crippen LogP contribution in [0.5, 0.6) is 0 Å². The van der Waals surface area contributed by atoms with Crippen LogP contribution in [0, 0.1) is 6.92 Å². The van der Waals surface area contributed by atoms with Gasteiger partial charge in [0.25, 0.3) is 5.91 Å². The van der Waals surface area contributed by atoms with Gasteiger partial charge in [-0.05, 0) is 19.1 Å². The SMILES string of the molecule is Cc1ccc(/C=C2\C(=O)N/C(=N\O)N2C)o1. The molecule has 6 nitrogen and oxygen atoms in total. The first-order chi connectivity index (χ1) is 7.61. The highest BCUT2D eigenvalue weighted by molar-refractivity contribution is 6.15. The van der Waals surface area contributed by atoms with Gasteiger partial charge in [0.05, 0.1) is 0 Å². The standard InChI is InChI=1S/C10H11N3O3/c1-6-3-4-7(16-6)5-8-9(14)11-10(12-15)13(8)2/h3-5,15H,1-2H3,(H,11,12,14)/b8-5+. The lowest BCUT2D eigenvalue weighted by atomic mass is 10.3. The first-order valence-corrected chi connectivity index (χ1v) is 4.67. The predicted molar refractivity (Wildman–Crippen MR) is 56.5 cm³/mol. The minimum absolute atomic E-state index is 0.0968. The van der Waals surface area contributed by atoms with Crippen LogP contribution in [0.4, 0.5) is 0 Å². The van der Waals surface area contributed by atoms with Crippen molar-refractivity contribution in [1.82, 2.24) is 10.2 Å². The van der Waals surface area contributed by atoms with E-state index in [-0.39, 0.29) is 11.9 Å². The Kier molecular flexibility index (Phi) is 2.40. The fraction of sp³-hybridized carbons (Fsp3) is 0.200. The number of rotatable bonds is 1. The highest BCUT2D eigenvalue weighted by Gasteiger charge is 2.28. The molecule has 0 aromatic carbocycles. The van der Waals surface area contributed by atoms with Gasteiger partial charge in [0.2, 0.25) is 5.96 Å². The van der Waals surface area contributed by atoms with Crippen molar-refractivity contribution in [3.63, 3.8) is 0 Å². The molecule has 0 saturated carbocycles. The van der Waals surface area contributed by atoms with Crippen molar-refractivity contribution in [1.29, 1.82) is 0 Å². The van der Waals surface area contributed by atoms with Crippen molar-refractivity contribution in [2.75, 3.05) is 7.05 Å². The van der Waals surface area contributed by atoms with Crippen LogP contribution in [-0.4, -0.2) is 29.0 Å². The number of carbonyl (C=O) groups excluding carboxylic acids is 1. The molecule has 0 bridgehead atoms. The quantitative estimate of drug-likeness (QED) is 0.416. The molecule has 1 aliphatic heterocycles. The van der Waals surface area contributed by atoms with E-state index in [1.54, 1.807) is 25.3 Å². The number of guanidine groups is 1. The third-order valence-corrected chi connectivity index (χ3v) is 2.27. The van der Waals surface area contributed by atoms with Crippen molar-refractivity contribution < 1.29 is 14.4 Å². The van der Waals surface area contributed by atoms with Crippen LogP contribution in [0.3, 0.4) is 0 Å². The van der Waals surface area contributed by atoms with Crippen LogP contribution in [0.15, 0.2) is 27.4 Å². The summed E-state index contributed by atoms with van der Waals surface area (Å²) in [6.07, 6.45) is 1.58. The predicted octanol–water partition coefficient (Wildman–Crippen LogP) is 0.736. The molecule has 84 valence electrons. The van der Waals surface area contributed by atoms with Gasteiger partial charge in [-0.1, -0.05) is 5.16 Å². The molecule has 1 fully saturated rings. The van der Waals surface area contributed by atoms with E-state index in [1.807, 2.05) is 6.92 Å². The molecule has 1 aromatic rings. The molecule has 1 saturated heterocycles. The van der Waals surface area contributed by atoms with Gasteiger partial charge in [-0.3, -0.25) is 10.1 Å². The summed E-state index contributed by atoms with van der Waals surface area (Å²) in [4.78, 5) is 13.0. The Labute approximate surface area is 91.8 Å². The molecule has 16 heavy (non-hydrogen) atoms. The molecule has 1 aliphatic rings. The summed E-state index contributed by atoms with van der Waals surface area (Å²) in [7, 11) is 1.62. The maximum absolute atomic E-state index is 11.5. The van der Waals surface area contributed by atoms with Gasteiger partial charge in [0.1, 0.15) is 17.2 Å². The molecule has 6 heteroatoms. The van der Waals surface area contributed by atoms with E-state index >= 15 is 0 Å². The van der Waals surface area contributed by atoms with Crippen LogP contribution < -0.4 is 5.32 Å². The van der Waals surface area contributed by atoms with E-state index in [0.29, 0.717) is 11.5 Å². The molecule has 2 rings (SSSR count). The van der Waals surface area contributed by atoms with E-state index in [4.69, 9.17) is 9.62 Å². The van der Waals surface area contributed by atoms with E-state index in [0.717, 1.165) is 5.76 Å². The van der Waals surface area contributed by atoms with Gasteiger partial charge in [-0.2, -0.15) is 0 Å². The second-order valence-electron chi connectivity index (χ2n) is 3.41. The normalized spacial score (nSPS) is 20.9. The lowest BCUT2D eigenvalue weighted by molar-refractivity contribution is -0.115. The number of hydrogen-bond donors (Lipinski definition) is 2. The van der Waals surface area contributed by atoms with Gasteiger partial charge in [0.15, 0.2) is 0 Å². The van der Waals surface area contributed by atoms with Crippen molar-refractivity contribution in [3.8, 4) is 0 Å². The molecule has 0 spiro atoms. The lowest BCUT2D eigenvalue weighted by Crippen LogP contribution is -2.26. The summed E-state index contributed by atoms with van der Waals surface area (Å²) < 4.78 is 5.33. The van der Waals surface area contributed by atoms with Crippen LogP contribution in [0.25, 0.3) is 6.08 Å². The van der Waals surface area contributed by atoms with Crippen molar-refractivity contribution >= 4 is 17.9 Å². The Morgan fingerprint density at radius 1 is 1.56 bits per heavy atom. The first-order valence-electron chi connectivity index (χ1n) is 4.67. The number of amides is 1. The van der Waals surface area contributed by atoms with Gasteiger partial charge < -0.3 is 14.5 Å². The van der Waals surface area contributed by atoms with E-state index in [1.165, 1.54) is 4.90 Å².